The molecule has 0 amide bonds. The Hall–Kier alpha value is -1.91. The highest BCUT2D eigenvalue weighted by Gasteiger charge is 2.13. The van der Waals surface area contributed by atoms with Crippen LogP contribution in [0.4, 0.5) is 5.69 Å². The van der Waals surface area contributed by atoms with E-state index in [0.717, 1.165) is 0 Å². The van der Waals surface area contributed by atoms with E-state index in [2.05, 4.69) is 0 Å². The van der Waals surface area contributed by atoms with Crippen molar-refractivity contribution in [2.45, 2.75) is 19.3 Å². The molecule has 1 aromatic rings. The fourth-order valence-electron chi connectivity index (χ4n) is 1.32. The molecule has 80 valence electrons. The van der Waals surface area contributed by atoms with Crippen molar-refractivity contribution in [1.82, 2.24) is 0 Å². The molecular weight excluding hydrogens is 198 g/mol. The Morgan fingerprint density at radius 3 is 2.80 bits per heavy atom. The van der Waals surface area contributed by atoms with Crippen LogP contribution in [0.2, 0.25) is 0 Å². The number of carboxylic acid groups (broad SMARTS) is 1. The Kier molecular flexibility index (Phi) is 3.38. The molecule has 0 fully saturated rings. The first-order valence-corrected chi connectivity index (χ1v) is 4.47. The van der Waals surface area contributed by atoms with Crippen LogP contribution in [0.5, 0.6) is 0 Å². The summed E-state index contributed by atoms with van der Waals surface area (Å²) in [5.41, 5.74) is 0.663. The van der Waals surface area contributed by atoms with Gasteiger partial charge in [0.25, 0.3) is 5.69 Å². The lowest BCUT2D eigenvalue weighted by atomic mass is 9.97. The molecule has 1 rings (SSSR count). The molecule has 0 saturated heterocycles. The monoisotopic (exact) mass is 209 g/mol. The SMILES string of the molecule is CC(CC(=O)O)c1cccc([N+](=O)[O-])c1. The summed E-state index contributed by atoms with van der Waals surface area (Å²) in [5, 5.41) is 19.1. The lowest BCUT2D eigenvalue weighted by Gasteiger charge is -2.07. The second-order valence-electron chi connectivity index (χ2n) is 3.35. The molecule has 0 aliphatic rings. The predicted molar refractivity (Wildman–Crippen MR) is 53.8 cm³/mol. The molecule has 0 bridgehead atoms. The number of nitro benzene ring substituents is 1. The van der Waals surface area contributed by atoms with Crippen molar-refractivity contribution in [3.63, 3.8) is 0 Å². The fourth-order valence-corrected chi connectivity index (χ4v) is 1.32. The number of benzene rings is 1. The summed E-state index contributed by atoms with van der Waals surface area (Å²) in [6.45, 7) is 1.73. The molecule has 0 aliphatic carbocycles. The van der Waals surface area contributed by atoms with E-state index < -0.39 is 10.9 Å². The molecule has 1 atom stereocenters. The van der Waals surface area contributed by atoms with Crippen LogP contribution in [0.1, 0.15) is 24.8 Å². The molecule has 0 radical (unpaired) electrons. The molecule has 0 spiro atoms. The minimum absolute atomic E-state index is 0.00950. The van der Waals surface area contributed by atoms with Gasteiger partial charge in [-0.15, -0.1) is 0 Å². The molecule has 0 aromatic heterocycles. The van der Waals surface area contributed by atoms with Crippen molar-refractivity contribution in [3.05, 3.63) is 39.9 Å². The number of hydrogen-bond donors (Lipinski definition) is 1. The van der Waals surface area contributed by atoms with Crippen LogP contribution in [0, 0.1) is 10.1 Å². The van der Waals surface area contributed by atoms with Gasteiger partial charge in [0, 0.05) is 12.1 Å². The Labute approximate surface area is 86.5 Å². The van der Waals surface area contributed by atoms with Gasteiger partial charge in [0.15, 0.2) is 0 Å². The smallest absolute Gasteiger partial charge is 0.303 e. The van der Waals surface area contributed by atoms with Crippen LogP contribution in [0.25, 0.3) is 0 Å². The van der Waals surface area contributed by atoms with Crippen LogP contribution in [0.15, 0.2) is 24.3 Å². The third-order valence-corrected chi connectivity index (χ3v) is 2.13. The number of nitrogens with zero attached hydrogens (tertiary/aromatic N) is 1. The van der Waals surface area contributed by atoms with E-state index in [1.807, 2.05) is 0 Å². The van der Waals surface area contributed by atoms with E-state index in [1.54, 1.807) is 19.1 Å². The minimum atomic E-state index is -0.908. The van der Waals surface area contributed by atoms with Crippen molar-refractivity contribution in [2.75, 3.05) is 0 Å². The maximum absolute atomic E-state index is 10.5. The Morgan fingerprint density at radius 2 is 2.27 bits per heavy atom. The summed E-state index contributed by atoms with van der Waals surface area (Å²) in [4.78, 5) is 20.5. The van der Waals surface area contributed by atoms with E-state index in [0.29, 0.717) is 5.56 Å². The van der Waals surface area contributed by atoms with Gasteiger partial charge in [0.05, 0.1) is 11.3 Å². The van der Waals surface area contributed by atoms with Crippen molar-refractivity contribution in [3.8, 4) is 0 Å². The molecule has 15 heavy (non-hydrogen) atoms. The van der Waals surface area contributed by atoms with Gasteiger partial charge in [0.2, 0.25) is 0 Å². The number of non-ortho nitro benzene ring substituents is 1. The zero-order valence-corrected chi connectivity index (χ0v) is 8.21. The molecule has 1 aromatic carbocycles. The minimum Gasteiger partial charge on any atom is -0.481 e. The number of carboxylic acids is 1. The Bertz CT molecular complexity index is 389. The molecule has 0 saturated carbocycles. The normalized spacial score (nSPS) is 12.1. The number of rotatable bonds is 4. The first-order valence-electron chi connectivity index (χ1n) is 4.47. The van der Waals surface area contributed by atoms with Gasteiger partial charge in [-0.1, -0.05) is 19.1 Å². The van der Waals surface area contributed by atoms with Crippen LogP contribution in [-0.4, -0.2) is 16.0 Å². The summed E-state index contributed by atoms with van der Waals surface area (Å²) in [7, 11) is 0. The van der Waals surface area contributed by atoms with E-state index >= 15 is 0 Å². The molecule has 0 aliphatic heterocycles. The summed E-state index contributed by atoms with van der Waals surface area (Å²) in [6.07, 6.45) is -0.0266. The summed E-state index contributed by atoms with van der Waals surface area (Å²) in [6, 6.07) is 6.05. The highest BCUT2D eigenvalue weighted by atomic mass is 16.6. The van der Waals surface area contributed by atoms with Gasteiger partial charge >= 0.3 is 5.97 Å². The van der Waals surface area contributed by atoms with Gasteiger partial charge < -0.3 is 5.11 Å². The fraction of sp³-hybridized carbons (Fsp3) is 0.300. The molecule has 1 unspecified atom stereocenters. The van der Waals surface area contributed by atoms with Crippen LogP contribution in [0.3, 0.4) is 0 Å². The lowest BCUT2D eigenvalue weighted by molar-refractivity contribution is -0.384. The predicted octanol–water partition coefficient (Wildman–Crippen LogP) is 2.17. The topological polar surface area (TPSA) is 80.4 Å². The van der Waals surface area contributed by atoms with Gasteiger partial charge in [-0.05, 0) is 11.5 Å². The van der Waals surface area contributed by atoms with Crippen molar-refractivity contribution < 1.29 is 14.8 Å². The van der Waals surface area contributed by atoms with Crippen LogP contribution < -0.4 is 0 Å². The second kappa shape index (κ2) is 4.54. The number of carbonyl (C=O) groups is 1. The Balaban J connectivity index is 2.89. The van der Waals surface area contributed by atoms with Gasteiger partial charge in [-0.2, -0.15) is 0 Å². The van der Waals surface area contributed by atoms with Gasteiger partial charge in [-0.25, -0.2) is 0 Å². The number of hydrogen-bond acceptors (Lipinski definition) is 3. The zero-order valence-electron chi connectivity index (χ0n) is 8.21. The maximum Gasteiger partial charge on any atom is 0.303 e. The van der Waals surface area contributed by atoms with Crippen LogP contribution in [-0.2, 0) is 4.79 Å². The third kappa shape index (κ3) is 3.05. The Morgan fingerprint density at radius 1 is 1.60 bits per heavy atom. The number of aliphatic carboxylic acids is 1. The van der Waals surface area contributed by atoms with Crippen LogP contribution >= 0.6 is 0 Å². The van der Waals surface area contributed by atoms with E-state index in [4.69, 9.17) is 5.11 Å². The molecule has 1 N–H and O–H groups in total. The molecule has 5 nitrogen and oxygen atoms in total. The third-order valence-electron chi connectivity index (χ3n) is 2.13. The van der Waals surface area contributed by atoms with Gasteiger partial charge in [-0.3, -0.25) is 14.9 Å². The van der Waals surface area contributed by atoms with E-state index in [9.17, 15) is 14.9 Å². The average molecular weight is 209 g/mol. The van der Waals surface area contributed by atoms with Crippen molar-refractivity contribution >= 4 is 11.7 Å². The summed E-state index contributed by atoms with van der Waals surface area (Å²) >= 11 is 0. The summed E-state index contributed by atoms with van der Waals surface area (Å²) in [5.74, 6) is -1.13. The standard InChI is InChI=1S/C10H11NO4/c1-7(5-10(12)13)8-3-2-4-9(6-8)11(14)15/h2-4,6-7H,5H2,1H3,(H,12,13). The lowest BCUT2D eigenvalue weighted by Crippen LogP contribution is -2.03. The second-order valence-corrected chi connectivity index (χ2v) is 3.35. The first-order chi connectivity index (χ1) is 7.00. The quantitative estimate of drug-likeness (QED) is 0.608. The van der Waals surface area contributed by atoms with Gasteiger partial charge in [0.1, 0.15) is 0 Å². The highest BCUT2D eigenvalue weighted by molar-refractivity contribution is 5.68. The van der Waals surface area contributed by atoms with E-state index in [1.165, 1.54) is 12.1 Å². The molecule has 5 heteroatoms. The molecule has 0 heterocycles. The highest BCUT2D eigenvalue weighted by Crippen LogP contribution is 2.22. The van der Waals surface area contributed by atoms with Crippen molar-refractivity contribution in [2.24, 2.45) is 0 Å². The van der Waals surface area contributed by atoms with E-state index in [-0.39, 0.29) is 18.0 Å². The maximum atomic E-state index is 10.5. The zero-order chi connectivity index (χ0) is 11.4. The molecular formula is C10H11NO4. The largest absolute Gasteiger partial charge is 0.481 e. The first kappa shape index (κ1) is 11.2. The average Bonchev–Trinajstić information content (AvgIpc) is 2.17. The summed E-state index contributed by atoms with van der Waals surface area (Å²) < 4.78 is 0. The van der Waals surface area contributed by atoms with Crippen molar-refractivity contribution in [1.29, 1.82) is 0 Å². The number of nitro groups is 1.